The van der Waals surface area contributed by atoms with Gasteiger partial charge in [0.25, 0.3) is 5.91 Å². The molecule has 2 amide bonds. The molecule has 0 radical (unpaired) electrons. The number of thiophene rings is 1. The molecule has 0 spiro atoms. The molecule has 1 aromatic heterocycles. The van der Waals surface area contributed by atoms with E-state index in [0.29, 0.717) is 40.4 Å². The quantitative estimate of drug-likeness (QED) is 0.809. The molecule has 0 aromatic carbocycles. The van der Waals surface area contributed by atoms with Gasteiger partial charge in [-0.2, -0.15) is 0 Å². The lowest BCUT2D eigenvalue weighted by Crippen LogP contribution is -2.51. The first-order chi connectivity index (χ1) is 10.6. The lowest BCUT2D eigenvalue weighted by molar-refractivity contribution is -0.136. The second-order valence-corrected chi connectivity index (χ2v) is 8.12. The van der Waals surface area contributed by atoms with Gasteiger partial charge in [0.05, 0.1) is 9.90 Å². The van der Waals surface area contributed by atoms with Gasteiger partial charge in [0, 0.05) is 32.1 Å². The summed E-state index contributed by atoms with van der Waals surface area (Å²) in [4.78, 5) is 28.5. The van der Waals surface area contributed by atoms with Crippen molar-refractivity contribution in [3.8, 4) is 0 Å². The first kappa shape index (κ1) is 16.1. The van der Waals surface area contributed by atoms with Crippen LogP contribution in [0.4, 0.5) is 0 Å². The molecule has 0 unspecified atom stereocenters. The van der Waals surface area contributed by atoms with Crippen LogP contribution in [0, 0.1) is 5.92 Å². The van der Waals surface area contributed by atoms with Crippen molar-refractivity contribution in [2.75, 3.05) is 26.2 Å². The summed E-state index contributed by atoms with van der Waals surface area (Å²) in [6, 6.07) is 1.62. The molecular weight excluding hydrogens is 343 g/mol. The van der Waals surface area contributed by atoms with Crippen molar-refractivity contribution in [1.29, 1.82) is 0 Å². The van der Waals surface area contributed by atoms with Crippen LogP contribution in [0.2, 0.25) is 8.67 Å². The topological polar surface area (TPSA) is 40.6 Å². The molecule has 2 aliphatic rings. The van der Waals surface area contributed by atoms with E-state index in [1.54, 1.807) is 11.0 Å². The van der Waals surface area contributed by atoms with Crippen LogP contribution >= 0.6 is 34.5 Å². The Labute approximate surface area is 144 Å². The predicted octanol–water partition coefficient (Wildman–Crippen LogP) is 3.53. The van der Waals surface area contributed by atoms with Gasteiger partial charge >= 0.3 is 0 Å². The molecule has 1 aliphatic heterocycles. The molecule has 4 nitrogen and oxygen atoms in total. The highest BCUT2D eigenvalue weighted by Crippen LogP contribution is 2.32. The molecule has 3 rings (SSSR count). The van der Waals surface area contributed by atoms with E-state index < -0.39 is 0 Å². The molecule has 1 saturated heterocycles. The smallest absolute Gasteiger partial charge is 0.256 e. The number of hydrogen-bond donors (Lipinski definition) is 0. The van der Waals surface area contributed by atoms with Crippen molar-refractivity contribution in [1.82, 2.24) is 9.80 Å². The van der Waals surface area contributed by atoms with Gasteiger partial charge in [-0.1, -0.05) is 36.0 Å². The molecule has 0 bridgehead atoms. The van der Waals surface area contributed by atoms with Crippen molar-refractivity contribution in [2.24, 2.45) is 5.92 Å². The van der Waals surface area contributed by atoms with E-state index in [4.69, 9.17) is 23.2 Å². The monoisotopic (exact) mass is 360 g/mol. The molecule has 2 heterocycles. The van der Waals surface area contributed by atoms with Gasteiger partial charge in [-0.25, -0.2) is 0 Å². The van der Waals surface area contributed by atoms with E-state index in [9.17, 15) is 9.59 Å². The number of carbonyl (C=O) groups excluding carboxylic acids is 2. The summed E-state index contributed by atoms with van der Waals surface area (Å²) in [5.41, 5.74) is 0.465. The minimum Gasteiger partial charge on any atom is -0.339 e. The van der Waals surface area contributed by atoms with Crippen LogP contribution in [0.3, 0.4) is 0 Å². The fourth-order valence-corrected chi connectivity index (χ4v) is 4.67. The van der Waals surface area contributed by atoms with Gasteiger partial charge in [-0.3, -0.25) is 9.59 Å². The number of amides is 2. The highest BCUT2D eigenvalue weighted by molar-refractivity contribution is 7.20. The maximum absolute atomic E-state index is 12.5. The Morgan fingerprint density at radius 3 is 2.18 bits per heavy atom. The average molecular weight is 361 g/mol. The number of piperazine rings is 1. The lowest BCUT2D eigenvalue weighted by Gasteiger charge is -2.36. The number of nitrogens with zero attached hydrogens (tertiary/aromatic N) is 2. The Hall–Kier alpha value is -0.780. The molecule has 1 aliphatic carbocycles. The van der Waals surface area contributed by atoms with Crippen molar-refractivity contribution < 1.29 is 9.59 Å². The summed E-state index contributed by atoms with van der Waals surface area (Å²) >= 11 is 13.1. The number of carbonyl (C=O) groups is 2. The molecule has 7 heteroatoms. The largest absolute Gasteiger partial charge is 0.339 e. The summed E-state index contributed by atoms with van der Waals surface area (Å²) < 4.78 is 0.947. The van der Waals surface area contributed by atoms with E-state index in [-0.39, 0.29) is 17.7 Å². The Morgan fingerprint density at radius 1 is 1.05 bits per heavy atom. The Bertz CT molecular complexity index is 576. The van der Waals surface area contributed by atoms with Crippen LogP contribution in [-0.2, 0) is 4.79 Å². The van der Waals surface area contributed by atoms with Gasteiger partial charge in [0.2, 0.25) is 5.91 Å². The summed E-state index contributed by atoms with van der Waals surface area (Å²) in [7, 11) is 0. The van der Waals surface area contributed by atoms with Crippen molar-refractivity contribution in [3.63, 3.8) is 0 Å². The number of rotatable bonds is 2. The maximum Gasteiger partial charge on any atom is 0.256 e. The highest BCUT2D eigenvalue weighted by Gasteiger charge is 2.31. The normalized spacial score (nSPS) is 19.7. The molecule has 0 N–H and O–H groups in total. The number of halogens is 2. The second kappa shape index (κ2) is 6.77. The lowest BCUT2D eigenvalue weighted by atomic mass is 10.1. The maximum atomic E-state index is 12.5. The Morgan fingerprint density at radius 2 is 1.64 bits per heavy atom. The van der Waals surface area contributed by atoms with Gasteiger partial charge in [-0.05, 0) is 18.9 Å². The van der Waals surface area contributed by atoms with Gasteiger partial charge in [0.1, 0.15) is 4.34 Å². The molecular formula is C15H18Cl2N2O2S. The molecule has 0 atom stereocenters. The minimum atomic E-state index is -0.0962. The molecule has 22 heavy (non-hydrogen) atoms. The second-order valence-electron chi connectivity index (χ2n) is 5.84. The third-order valence-electron chi connectivity index (χ3n) is 4.47. The third-order valence-corrected chi connectivity index (χ3v) is 5.96. The molecule has 1 saturated carbocycles. The first-order valence-electron chi connectivity index (χ1n) is 7.59. The SMILES string of the molecule is O=C(c1cc(Cl)sc1Cl)N1CCN(C(=O)C2CCCC2)CC1. The number of hydrogen-bond acceptors (Lipinski definition) is 3. The molecule has 1 aromatic rings. The fraction of sp³-hybridized carbons (Fsp3) is 0.600. The van der Waals surface area contributed by atoms with Gasteiger partial charge < -0.3 is 9.80 Å². The van der Waals surface area contributed by atoms with Crippen molar-refractivity contribution >= 4 is 46.4 Å². The molecule has 2 fully saturated rings. The van der Waals surface area contributed by atoms with Crippen molar-refractivity contribution in [2.45, 2.75) is 25.7 Å². The summed E-state index contributed by atoms with van der Waals surface area (Å²) in [5.74, 6) is 0.370. The van der Waals surface area contributed by atoms with E-state index in [1.165, 1.54) is 11.3 Å². The van der Waals surface area contributed by atoms with E-state index >= 15 is 0 Å². The average Bonchev–Trinajstić information content (AvgIpc) is 3.15. The van der Waals surface area contributed by atoms with E-state index in [0.717, 1.165) is 25.7 Å². The summed E-state index contributed by atoms with van der Waals surface area (Å²) in [6.45, 7) is 2.33. The molecule has 120 valence electrons. The van der Waals surface area contributed by atoms with E-state index in [2.05, 4.69) is 0 Å². The van der Waals surface area contributed by atoms with Crippen LogP contribution in [0.1, 0.15) is 36.0 Å². The van der Waals surface area contributed by atoms with E-state index in [1.807, 2.05) is 4.90 Å². The first-order valence-corrected chi connectivity index (χ1v) is 9.16. The van der Waals surface area contributed by atoms with Gasteiger partial charge in [-0.15, -0.1) is 11.3 Å². The van der Waals surface area contributed by atoms with Crippen LogP contribution < -0.4 is 0 Å². The Balaban J connectivity index is 1.58. The van der Waals surface area contributed by atoms with Crippen LogP contribution in [0.15, 0.2) is 6.07 Å². The summed E-state index contributed by atoms with van der Waals surface area (Å²) in [5, 5.41) is 0. The highest BCUT2D eigenvalue weighted by atomic mass is 35.5. The summed E-state index contributed by atoms with van der Waals surface area (Å²) in [6.07, 6.45) is 4.35. The minimum absolute atomic E-state index is 0.0962. The third kappa shape index (κ3) is 3.26. The van der Waals surface area contributed by atoms with Crippen LogP contribution in [0.25, 0.3) is 0 Å². The zero-order chi connectivity index (χ0) is 15.7. The van der Waals surface area contributed by atoms with Crippen molar-refractivity contribution in [3.05, 3.63) is 20.3 Å². The van der Waals surface area contributed by atoms with Gasteiger partial charge in [0.15, 0.2) is 0 Å². The predicted molar refractivity (Wildman–Crippen MR) is 88.8 cm³/mol. The zero-order valence-electron chi connectivity index (χ0n) is 12.2. The zero-order valence-corrected chi connectivity index (χ0v) is 14.5. The van der Waals surface area contributed by atoms with Crippen LogP contribution in [0.5, 0.6) is 0 Å². The standard InChI is InChI=1S/C15H18Cl2N2O2S/c16-12-9-11(13(17)22-12)15(21)19-7-5-18(6-8-19)14(20)10-3-1-2-4-10/h9-10H,1-8H2. The Kier molecular flexibility index (Phi) is 4.95. The fourth-order valence-electron chi connectivity index (χ4n) is 3.22. The van der Waals surface area contributed by atoms with Crippen LogP contribution in [-0.4, -0.2) is 47.8 Å².